The van der Waals surface area contributed by atoms with Gasteiger partial charge in [0.25, 0.3) is 0 Å². The van der Waals surface area contributed by atoms with Gasteiger partial charge in [0, 0.05) is 17.9 Å². The molecule has 1 aliphatic carbocycles. The van der Waals surface area contributed by atoms with Crippen molar-refractivity contribution < 1.29 is 24.5 Å². The highest BCUT2D eigenvalue weighted by Gasteiger charge is 2.23. The van der Waals surface area contributed by atoms with Gasteiger partial charge in [0.15, 0.2) is 0 Å². The van der Waals surface area contributed by atoms with Crippen molar-refractivity contribution in [2.24, 2.45) is 0 Å². The first-order chi connectivity index (χ1) is 15.1. The van der Waals surface area contributed by atoms with E-state index in [9.17, 15) is 9.90 Å². The number of aliphatic carboxylic acids is 1. The summed E-state index contributed by atoms with van der Waals surface area (Å²) < 4.78 is 11.7. The molecule has 168 valence electrons. The number of ether oxygens (including phenoxy) is 2. The van der Waals surface area contributed by atoms with Crippen LogP contribution >= 0.6 is 11.8 Å². The van der Waals surface area contributed by atoms with E-state index in [1.807, 2.05) is 30.3 Å². The van der Waals surface area contributed by atoms with Gasteiger partial charge in [0.05, 0.1) is 19.6 Å². The van der Waals surface area contributed by atoms with E-state index in [2.05, 4.69) is 12.1 Å². The van der Waals surface area contributed by atoms with E-state index in [1.165, 1.54) is 43.0 Å². The lowest BCUT2D eigenvalue weighted by molar-refractivity contribution is -0.136. The minimum Gasteiger partial charge on any atom is -0.497 e. The lowest BCUT2D eigenvalue weighted by atomic mass is 9.93. The van der Waals surface area contributed by atoms with Crippen LogP contribution in [0.3, 0.4) is 0 Å². The fourth-order valence-electron chi connectivity index (χ4n) is 4.11. The Bertz CT molecular complexity index is 848. The minimum absolute atomic E-state index is 0.115. The highest BCUT2D eigenvalue weighted by atomic mass is 32.2. The van der Waals surface area contributed by atoms with Crippen molar-refractivity contribution >= 4 is 17.7 Å². The van der Waals surface area contributed by atoms with Crippen LogP contribution in [0.1, 0.15) is 54.7 Å². The van der Waals surface area contributed by atoms with Crippen LogP contribution < -0.4 is 9.47 Å². The van der Waals surface area contributed by atoms with Crippen LogP contribution in [-0.2, 0) is 17.8 Å². The van der Waals surface area contributed by atoms with Crippen molar-refractivity contribution in [1.82, 2.24) is 0 Å². The fraction of sp³-hybridized carbons (Fsp3) is 0.480. The van der Waals surface area contributed by atoms with Crippen molar-refractivity contribution in [2.45, 2.75) is 57.2 Å². The van der Waals surface area contributed by atoms with Crippen LogP contribution in [0.25, 0.3) is 0 Å². The molecule has 2 N–H and O–H groups in total. The lowest BCUT2D eigenvalue weighted by Gasteiger charge is -2.21. The van der Waals surface area contributed by atoms with Crippen LogP contribution in [-0.4, -0.2) is 40.9 Å². The number of benzene rings is 2. The van der Waals surface area contributed by atoms with E-state index in [4.69, 9.17) is 14.6 Å². The summed E-state index contributed by atoms with van der Waals surface area (Å²) in [5.41, 5.74) is 3.29. The van der Waals surface area contributed by atoms with Crippen molar-refractivity contribution in [3.8, 4) is 11.5 Å². The van der Waals surface area contributed by atoms with Crippen LogP contribution in [0.5, 0.6) is 11.5 Å². The predicted molar refractivity (Wildman–Crippen MR) is 124 cm³/mol. The fourth-order valence-corrected chi connectivity index (χ4v) is 4.98. The smallest absolute Gasteiger partial charge is 0.304 e. The van der Waals surface area contributed by atoms with Gasteiger partial charge >= 0.3 is 5.97 Å². The molecule has 3 rings (SSSR count). The second kappa shape index (κ2) is 12.0. The summed E-state index contributed by atoms with van der Waals surface area (Å²) in [5, 5.41) is 19.3. The molecule has 2 aromatic carbocycles. The first kappa shape index (κ1) is 23.5. The third-order valence-corrected chi connectivity index (χ3v) is 6.78. The predicted octanol–water partition coefficient (Wildman–Crippen LogP) is 5.04. The molecular formula is C25H32O5S. The molecule has 0 amide bonds. The number of hydrogen-bond donors (Lipinski definition) is 2. The van der Waals surface area contributed by atoms with Gasteiger partial charge in [-0.1, -0.05) is 43.2 Å². The van der Waals surface area contributed by atoms with Crippen LogP contribution in [0.15, 0.2) is 42.5 Å². The Hall–Kier alpha value is -2.18. The Labute approximate surface area is 188 Å². The summed E-state index contributed by atoms with van der Waals surface area (Å²) >= 11 is 1.47. The Morgan fingerprint density at radius 3 is 2.71 bits per heavy atom. The standard InChI is InChI=1S/C25H32O5S/c1-29-22-10-4-6-18(14-22)16-30-25-20(15-21(26)17-31-13-12-24(27)28)9-5-11-23(25)19-7-2-3-8-19/h4-6,9-11,14,19,21,26H,2-3,7-8,12-13,15-17H2,1H3,(H,27,28). The highest BCUT2D eigenvalue weighted by molar-refractivity contribution is 7.99. The molecule has 0 spiro atoms. The van der Waals surface area contributed by atoms with Gasteiger partial charge in [0.2, 0.25) is 0 Å². The van der Waals surface area contributed by atoms with E-state index >= 15 is 0 Å². The Kier molecular flexibility index (Phi) is 9.10. The summed E-state index contributed by atoms with van der Waals surface area (Å²) in [6.45, 7) is 0.442. The maximum atomic E-state index is 10.7. The number of carboxylic acids is 1. The molecule has 1 unspecified atom stereocenters. The Morgan fingerprint density at radius 1 is 1.19 bits per heavy atom. The number of thioether (sulfide) groups is 1. The van der Waals surface area contributed by atoms with Gasteiger partial charge in [0.1, 0.15) is 18.1 Å². The summed E-state index contributed by atoms with van der Waals surface area (Å²) in [7, 11) is 1.66. The second-order valence-corrected chi connectivity index (χ2v) is 9.18. The topological polar surface area (TPSA) is 76.0 Å². The number of aliphatic hydroxyl groups excluding tert-OH is 1. The second-order valence-electron chi connectivity index (χ2n) is 8.03. The molecule has 0 heterocycles. The third-order valence-electron chi connectivity index (χ3n) is 5.67. The normalized spacial score (nSPS) is 15.0. The molecule has 0 aromatic heterocycles. The van der Waals surface area contributed by atoms with Crippen molar-refractivity contribution in [2.75, 3.05) is 18.6 Å². The third kappa shape index (κ3) is 7.18. The van der Waals surface area contributed by atoms with Crippen LogP contribution in [0.4, 0.5) is 0 Å². The molecule has 1 aliphatic rings. The quantitative estimate of drug-likeness (QED) is 0.447. The maximum absolute atomic E-state index is 10.7. The van der Waals surface area contributed by atoms with E-state index in [1.54, 1.807) is 7.11 Å². The summed E-state index contributed by atoms with van der Waals surface area (Å²) in [4.78, 5) is 10.7. The van der Waals surface area contributed by atoms with Crippen molar-refractivity contribution in [3.63, 3.8) is 0 Å². The van der Waals surface area contributed by atoms with Gasteiger partial charge in [-0.3, -0.25) is 4.79 Å². The molecule has 1 saturated carbocycles. The number of aliphatic hydroxyl groups is 1. The van der Waals surface area contributed by atoms with Gasteiger partial charge in [-0.25, -0.2) is 0 Å². The van der Waals surface area contributed by atoms with Gasteiger partial charge < -0.3 is 19.7 Å². The van der Waals surface area contributed by atoms with Crippen molar-refractivity contribution in [3.05, 3.63) is 59.2 Å². The lowest BCUT2D eigenvalue weighted by Crippen LogP contribution is -2.16. The summed E-state index contributed by atoms with van der Waals surface area (Å²) in [6, 6.07) is 14.1. The van der Waals surface area contributed by atoms with Gasteiger partial charge in [-0.2, -0.15) is 11.8 Å². The maximum Gasteiger partial charge on any atom is 0.304 e. The van der Waals surface area contributed by atoms with E-state index in [-0.39, 0.29) is 6.42 Å². The monoisotopic (exact) mass is 444 g/mol. The average molecular weight is 445 g/mol. The molecule has 0 bridgehead atoms. The summed E-state index contributed by atoms with van der Waals surface area (Å²) in [6.07, 6.45) is 4.90. The number of hydrogen-bond acceptors (Lipinski definition) is 5. The molecule has 0 aliphatic heterocycles. The molecule has 0 radical (unpaired) electrons. The first-order valence-electron chi connectivity index (χ1n) is 10.9. The zero-order chi connectivity index (χ0) is 22.1. The minimum atomic E-state index is -0.806. The number of carbonyl (C=O) groups is 1. The zero-order valence-electron chi connectivity index (χ0n) is 18.1. The highest BCUT2D eigenvalue weighted by Crippen LogP contribution is 2.41. The molecule has 1 atom stereocenters. The molecule has 31 heavy (non-hydrogen) atoms. The molecule has 5 nitrogen and oxygen atoms in total. The molecule has 1 fully saturated rings. The molecular weight excluding hydrogens is 412 g/mol. The van der Waals surface area contributed by atoms with Gasteiger partial charge in [-0.15, -0.1) is 0 Å². The number of methoxy groups -OCH3 is 1. The SMILES string of the molecule is COc1cccc(COc2c(CC(O)CSCCC(=O)O)cccc2C2CCCC2)c1. The average Bonchev–Trinajstić information content (AvgIpc) is 3.30. The van der Waals surface area contributed by atoms with E-state index < -0.39 is 12.1 Å². The summed E-state index contributed by atoms with van der Waals surface area (Å²) in [5.74, 6) is 2.41. The largest absolute Gasteiger partial charge is 0.497 e. The van der Waals surface area contributed by atoms with E-state index in [0.717, 1.165) is 22.6 Å². The van der Waals surface area contributed by atoms with Crippen LogP contribution in [0, 0.1) is 0 Å². The Morgan fingerprint density at radius 2 is 1.97 bits per heavy atom. The molecule has 2 aromatic rings. The van der Waals surface area contributed by atoms with Gasteiger partial charge in [-0.05, 0) is 47.6 Å². The first-order valence-corrected chi connectivity index (χ1v) is 12.1. The molecule has 0 saturated heterocycles. The van der Waals surface area contributed by atoms with E-state index in [0.29, 0.717) is 30.5 Å². The molecule has 6 heteroatoms. The van der Waals surface area contributed by atoms with Crippen LogP contribution in [0.2, 0.25) is 0 Å². The zero-order valence-corrected chi connectivity index (χ0v) is 18.9. The number of para-hydroxylation sites is 1. The Balaban J connectivity index is 1.73. The number of carboxylic acid groups (broad SMARTS) is 1. The van der Waals surface area contributed by atoms with Crippen molar-refractivity contribution in [1.29, 1.82) is 0 Å². The number of rotatable bonds is 12.